The molecular formula is C9H9N3. The van der Waals surface area contributed by atoms with E-state index in [1.54, 1.807) is 12.1 Å². The first-order chi connectivity index (χ1) is 5.74. The van der Waals surface area contributed by atoms with E-state index in [4.69, 9.17) is 10.5 Å². The summed E-state index contributed by atoms with van der Waals surface area (Å²) in [5.41, 5.74) is 0.932. The van der Waals surface area contributed by atoms with Crippen LogP contribution in [-0.2, 0) is 0 Å². The third-order valence-electron chi connectivity index (χ3n) is 1.17. The van der Waals surface area contributed by atoms with Crippen molar-refractivity contribution in [3.63, 3.8) is 0 Å². The smallest absolute Gasteiger partial charge is 0.133 e. The average molecular weight is 159 g/mol. The lowest BCUT2D eigenvalue weighted by Crippen LogP contribution is -1.83. The maximum absolute atomic E-state index is 8.35. The third-order valence-corrected chi connectivity index (χ3v) is 1.17. The van der Waals surface area contributed by atoms with E-state index in [0.717, 1.165) is 5.57 Å². The normalized spacial score (nSPS) is 10.8. The van der Waals surface area contributed by atoms with E-state index in [1.807, 2.05) is 13.0 Å². The van der Waals surface area contributed by atoms with Crippen molar-refractivity contribution in [2.24, 2.45) is 4.99 Å². The van der Waals surface area contributed by atoms with Gasteiger partial charge in [0.25, 0.3) is 0 Å². The van der Waals surface area contributed by atoms with Crippen molar-refractivity contribution >= 4 is 6.21 Å². The van der Waals surface area contributed by atoms with Gasteiger partial charge in [0.1, 0.15) is 11.8 Å². The molecule has 0 aromatic rings. The fourth-order valence-corrected chi connectivity index (χ4v) is 0.503. The molecule has 0 rings (SSSR count). The average Bonchev–Trinajstić information content (AvgIpc) is 2.11. The van der Waals surface area contributed by atoms with Gasteiger partial charge in [-0.25, -0.2) is 4.99 Å². The number of hydrogen-bond acceptors (Lipinski definition) is 3. The van der Waals surface area contributed by atoms with E-state index < -0.39 is 0 Å². The van der Waals surface area contributed by atoms with E-state index in [1.165, 1.54) is 6.21 Å². The highest BCUT2D eigenvalue weighted by Gasteiger charge is 1.89. The summed E-state index contributed by atoms with van der Waals surface area (Å²) in [4.78, 5) is 3.73. The van der Waals surface area contributed by atoms with Crippen LogP contribution in [0.4, 0.5) is 0 Å². The minimum Gasteiger partial charge on any atom is -0.246 e. The molecule has 0 N–H and O–H groups in total. The van der Waals surface area contributed by atoms with Crippen molar-refractivity contribution in [2.75, 3.05) is 0 Å². The summed E-state index contributed by atoms with van der Waals surface area (Å²) in [6.07, 6.45) is 3.56. The molecule has 0 radical (unpaired) electrons. The van der Waals surface area contributed by atoms with E-state index >= 15 is 0 Å². The maximum Gasteiger partial charge on any atom is 0.133 e. The van der Waals surface area contributed by atoms with Gasteiger partial charge in [-0.2, -0.15) is 10.5 Å². The van der Waals surface area contributed by atoms with Crippen molar-refractivity contribution in [1.82, 2.24) is 0 Å². The molecule has 0 aromatic heterocycles. The zero-order chi connectivity index (χ0) is 9.40. The van der Waals surface area contributed by atoms with Crippen LogP contribution in [0.3, 0.4) is 0 Å². The van der Waals surface area contributed by atoms with Crippen molar-refractivity contribution < 1.29 is 0 Å². The number of nitriles is 2. The molecule has 0 amide bonds. The molecule has 0 unspecified atom stereocenters. The molecule has 0 atom stereocenters. The van der Waals surface area contributed by atoms with Gasteiger partial charge in [-0.1, -0.05) is 12.7 Å². The van der Waals surface area contributed by atoms with Gasteiger partial charge in [0.2, 0.25) is 0 Å². The molecule has 0 spiro atoms. The molecule has 0 bridgehead atoms. The van der Waals surface area contributed by atoms with Gasteiger partial charge in [0.15, 0.2) is 0 Å². The largest absolute Gasteiger partial charge is 0.246 e. The van der Waals surface area contributed by atoms with E-state index in [0.29, 0.717) is 6.42 Å². The van der Waals surface area contributed by atoms with Crippen LogP contribution >= 0.6 is 0 Å². The lowest BCUT2D eigenvalue weighted by Gasteiger charge is -1.89. The van der Waals surface area contributed by atoms with E-state index in [9.17, 15) is 0 Å². The second-order valence-corrected chi connectivity index (χ2v) is 2.02. The standard InChI is InChI=1S/C9H9N3/c1-3-9(4-5-10)7-12-8(2)6-11/h3,7H,2,4H2,1H3/b9-3-,12-7?. The Balaban J connectivity index is 4.26. The van der Waals surface area contributed by atoms with Crippen LogP contribution in [0.5, 0.6) is 0 Å². The van der Waals surface area contributed by atoms with Gasteiger partial charge in [0.05, 0.1) is 12.5 Å². The number of hydrogen-bond donors (Lipinski definition) is 0. The Morgan fingerprint density at radius 1 is 1.58 bits per heavy atom. The second kappa shape index (κ2) is 5.88. The fourth-order valence-electron chi connectivity index (χ4n) is 0.503. The Bertz CT molecular complexity index is 297. The fraction of sp³-hybridized carbons (Fsp3) is 0.222. The highest BCUT2D eigenvalue weighted by molar-refractivity contribution is 5.80. The molecule has 0 aromatic carbocycles. The molecular weight excluding hydrogens is 150 g/mol. The summed E-state index contributed by atoms with van der Waals surface area (Å²) < 4.78 is 0. The quantitative estimate of drug-likeness (QED) is 0.466. The molecule has 3 nitrogen and oxygen atoms in total. The zero-order valence-corrected chi connectivity index (χ0v) is 6.91. The Labute approximate surface area is 72.0 Å². The van der Waals surface area contributed by atoms with Crippen LogP contribution in [0.25, 0.3) is 0 Å². The predicted molar refractivity (Wildman–Crippen MR) is 47.2 cm³/mol. The van der Waals surface area contributed by atoms with Crippen molar-refractivity contribution in [3.05, 3.63) is 23.9 Å². The van der Waals surface area contributed by atoms with Gasteiger partial charge in [-0.15, -0.1) is 0 Å². The monoisotopic (exact) mass is 159 g/mol. The topological polar surface area (TPSA) is 59.9 Å². The van der Waals surface area contributed by atoms with Crippen LogP contribution in [-0.4, -0.2) is 6.21 Å². The highest BCUT2D eigenvalue weighted by Crippen LogP contribution is 1.97. The molecule has 0 heterocycles. The Morgan fingerprint density at radius 3 is 2.67 bits per heavy atom. The Kier molecular flexibility index (Phi) is 4.96. The first-order valence-electron chi connectivity index (χ1n) is 3.39. The summed E-state index contributed by atoms with van der Waals surface area (Å²) in [7, 11) is 0. The maximum atomic E-state index is 8.35. The van der Waals surface area contributed by atoms with Crippen LogP contribution in [0.1, 0.15) is 13.3 Å². The first-order valence-corrected chi connectivity index (χ1v) is 3.39. The molecule has 12 heavy (non-hydrogen) atoms. The van der Waals surface area contributed by atoms with Crippen molar-refractivity contribution in [3.8, 4) is 12.1 Å². The summed E-state index contributed by atoms with van der Waals surface area (Å²) >= 11 is 0. The number of allylic oxidation sites excluding steroid dienone is 3. The van der Waals surface area contributed by atoms with Gasteiger partial charge in [0, 0.05) is 6.21 Å². The van der Waals surface area contributed by atoms with Gasteiger partial charge in [-0.3, -0.25) is 0 Å². The number of aliphatic imine (C=N–C) groups is 1. The SMILES string of the molecule is C=C(C#N)N=C/C(=C\C)CC#N. The molecule has 3 heteroatoms. The lowest BCUT2D eigenvalue weighted by molar-refractivity contribution is 1.29. The third kappa shape index (κ3) is 4.03. The number of nitrogens with zero attached hydrogens (tertiary/aromatic N) is 3. The van der Waals surface area contributed by atoms with Crippen LogP contribution in [0.15, 0.2) is 28.9 Å². The minimum absolute atomic E-state index is 0.146. The lowest BCUT2D eigenvalue weighted by atomic mass is 10.2. The van der Waals surface area contributed by atoms with Crippen molar-refractivity contribution in [2.45, 2.75) is 13.3 Å². The molecule has 0 aliphatic carbocycles. The summed E-state index contributed by atoms with van der Waals surface area (Å²) in [5, 5.41) is 16.7. The molecule has 0 fully saturated rings. The summed E-state index contributed by atoms with van der Waals surface area (Å²) in [6.45, 7) is 5.18. The minimum atomic E-state index is 0.146. The second-order valence-electron chi connectivity index (χ2n) is 2.02. The van der Waals surface area contributed by atoms with Crippen LogP contribution in [0.2, 0.25) is 0 Å². The number of rotatable bonds is 3. The molecule has 0 saturated heterocycles. The van der Waals surface area contributed by atoms with Gasteiger partial charge in [-0.05, 0) is 12.5 Å². The zero-order valence-electron chi connectivity index (χ0n) is 6.91. The molecule has 0 saturated carbocycles. The molecule has 0 aliphatic rings. The molecule has 60 valence electrons. The van der Waals surface area contributed by atoms with Gasteiger partial charge < -0.3 is 0 Å². The van der Waals surface area contributed by atoms with E-state index in [2.05, 4.69) is 11.6 Å². The molecule has 0 aliphatic heterocycles. The Morgan fingerprint density at radius 2 is 2.25 bits per heavy atom. The predicted octanol–water partition coefficient (Wildman–Crippen LogP) is 1.95. The van der Waals surface area contributed by atoms with E-state index in [-0.39, 0.29) is 5.70 Å². The van der Waals surface area contributed by atoms with Crippen molar-refractivity contribution in [1.29, 1.82) is 10.5 Å². The highest BCUT2D eigenvalue weighted by atomic mass is 14.7. The van der Waals surface area contributed by atoms with Crippen LogP contribution < -0.4 is 0 Å². The first kappa shape index (κ1) is 10.1. The van der Waals surface area contributed by atoms with Gasteiger partial charge >= 0.3 is 0 Å². The Hall–Kier alpha value is -1.87. The summed E-state index contributed by atoms with van der Waals surface area (Å²) in [5.74, 6) is 0. The summed E-state index contributed by atoms with van der Waals surface area (Å²) in [6, 6.07) is 3.77. The van der Waals surface area contributed by atoms with Crippen LogP contribution in [0, 0.1) is 22.7 Å².